The van der Waals surface area contributed by atoms with Crippen molar-refractivity contribution in [1.29, 1.82) is 0 Å². The van der Waals surface area contributed by atoms with E-state index in [0.717, 1.165) is 37.7 Å². The number of benzene rings is 1. The van der Waals surface area contributed by atoms with Gasteiger partial charge >= 0.3 is 0 Å². The molecule has 6 rings (SSSR count). The highest BCUT2D eigenvalue weighted by molar-refractivity contribution is 7.92. The molecule has 1 amide bonds. The molecule has 5 aliphatic carbocycles. The van der Waals surface area contributed by atoms with Crippen molar-refractivity contribution >= 4 is 21.5 Å². The zero-order chi connectivity index (χ0) is 33.1. The standard InChI is InChI=1S/C37H56N2O5S/c1-22(2)32(42)38-29-16-17-36-20-37(36)28(15-14-27(36)33(29,5)21-40)34(6)18-26(45(43,44)25-12-10-23(3)11-13-25)31(24(4)39(8)9)35(34,7)19-30(37)41/h10-13,22,24,26-29,31,40H,14-21H2,1-9H3,(H,38,42)/t24-,26+,27-,28-,29-,31-,33-,34-,35+,36+,37-/m0/s1. The second-order valence-electron chi connectivity index (χ2n) is 17.2. The summed E-state index contributed by atoms with van der Waals surface area (Å²) in [6.45, 7) is 14.6. The van der Waals surface area contributed by atoms with E-state index in [1.165, 1.54) is 0 Å². The van der Waals surface area contributed by atoms with Crippen LogP contribution >= 0.6 is 0 Å². The van der Waals surface area contributed by atoms with Crippen LogP contribution in [0.25, 0.3) is 0 Å². The lowest BCUT2D eigenvalue weighted by Crippen LogP contribution is -2.64. The van der Waals surface area contributed by atoms with E-state index in [4.69, 9.17) is 0 Å². The number of carbonyl (C=O) groups excluding carboxylic acids is 2. The van der Waals surface area contributed by atoms with Crippen molar-refractivity contribution in [3.05, 3.63) is 29.8 Å². The number of Topliss-reactive ketones (excluding diaryl/α,β-unsaturated/α-hetero) is 1. The van der Waals surface area contributed by atoms with Crippen LogP contribution in [0.15, 0.2) is 29.2 Å². The van der Waals surface area contributed by atoms with Gasteiger partial charge < -0.3 is 15.3 Å². The molecule has 0 unspecified atom stereocenters. The Morgan fingerprint density at radius 2 is 1.64 bits per heavy atom. The van der Waals surface area contributed by atoms with Crippen LogP contribution in [0.3, 0.4) is 0 Å². The van der Waals surface area contributed by atoms with Crippen LogP contribution < -0.4 is 5.32 Å². The Kier molecular flexibility index (Phi) is 7.63. The molecular formula is C37H56N2O5S. The van der Waals surface area contributed by atoms with Gasteiger partial charge in [-0.15, -0.1) is 0 Å². The van der Waals surface area contributed by atoms with Crippen molar-refractivity contribution in [1.82, 2.24) is 10.2 Å². The first-order chi connectivity index (χ1) is 20.9. The number of amides is 1. The molecule has 0 aliphatic heterocycles. The molecule has 5 aliphatic rings. The van der Waals surface area contributed by atoms with E-state index in [2.05, 4.69) is 37.9 Å². The smallest absolute Gasteiger partial charge is 0.222 e. The molecule has 0 heterocycles. The highest BCUT2D eigenvalue weighted by Crippen LogP contribution is 2.88. The predicted octanol–water partition coefficient (Wildman–Crippen LogP) is 5.43. The van der Waals surface area contributed by atoms with Crippen molar-refractivity contribution in [3.8, 4) is 0 Å². The number of fused-ring (bicyclic) bond motifs is 2. The topological polar surface area (TPSA) is 104 Å². The zero-order valence-electron chi connectivity index (χ0n) is 28.9. The Labute approximate surface area is 271 Å². The molecule has 250 valence electrons. The van der Waals surface area contributed by atoms with E-state index in [9.17, 15) is 23.1 Å². The molecule has 1 aromatic carbocycles. The molecule has 2 spiro atoms. The SMILES string of the molecule is Cc1ccc(S(=O)(=O)[C@@H]2C[C@@]3(C)[C@@H]4CC[C@H]5[C@](C)(CO)[C@@H](NC(=O)C(C)C)CC[C@@]56C[C@@]46C(=O)C[C@]3(C)[C@H]2[C@H](C)N(C)C)cc1. The third-order valence-electron chi connectivity index (χ3n) is 15.0. The molecule has 8 heteroatoms. The first-order valence-corrected chi connectivity index (χ1v) is 18.8. The maximum atomic E-state index is 14.9. The quantitative estimate of drug-likeness (QED) is 0.412. The van der Waals surface area contributed by atoms with E-state index >= 15 is 0 Å². The van der Waals surface area contributed by atoms with E-state index in [-0.39, 0.29) is 59.1 Å². The van der Waals surface area contributed by atoms with Gasteiger partial charge in [0.1, 0.15) is 5.78 Å². The minimum absolute atomic E-state index is 0.0136. The highest BCUT2D eigenvalue weighted by atomic mass is 32.2. The van der Waals surface area contributed by atoms with Crippen LogP contribution in [0, 0.1) is 57.7 Å². The molecule has 45 heavy (non-hydrogen) atoms. The first-order valence-electron chi connectivity index (χ1n) is 17.3. The van der Waals surface area contributed by atoms with Crippen LogP contribution in [0.1, 0.15) is 92.1 Å². The third-order valence-corrected chi connectivity index (χ3v) is 17.1. The third kappa shape index (κ3) is 4.16. The number of nitrogens with one attached hydrogen (secondary N) is 1. The lowest BCUT2D eigenvalue weighted by molar-refractivity contribution is -0.173. The van der Waals surface area contributed by atoms with Crippen molar-refractivity contribution in [3.63, 3.8) is 0 Å². The number of rotatable bonds is 7. The molecule has 0 bridgehead atoms. The highest BCUT2D eigenvalue weighted by Gasteiger charge is 2.86. The average Bonchev–Trinajstić information content (AvgIpc) is 3.60. The van der Waals surface area contributed by atoms with Crippen LogP contribution in [-0.4, -0.2) is 68.2 Å². The summed E-state index contributed by atoms with van der Waals surface area (Å²) in [4.78, 5) is 30.2. The fourth-order valence-electron chi connectivity index (χ4n) is 12.2. The molecule has 0 aromatic heterocycles. The van der Waals surface area contributed by atoms with Crippen molar-refractivity contribution in [2.24, 2.45) is 50.7 Å². The Morgan fingerprint density at radius 1 is 1.02 bits per heavy atom. The summed E-state index contributed by atoms with van der Waals surface area (Å²) in [5.74, 6) is 0.258. The number of hydrogen-bond donors (Lipinski definition) is 2. The lowest BCUT2D eigenvalue weighted by Gasteiger charge is -2.63. The fraction of sp³-hybridized carbons (Fsp3) is 0.784. The van der Waals surface area contributed by atoms with Gasteiger partial charge in [0.15, 0.2) is 9.84 Å². The Hall–Kier alpha value is -1.77. The second kappa shape index (κ2) is 10.4. The number of aliphatic hydroxyl groups excluding tert-OH is 1. The summed E-state index contributed by atoms with van der Waals surface area (Å²) >= 11 is 0. The minimum atomic E-state index is -3.66. The maximum absolute atomic E-state index is 14.9. The molecular weight excluding hydrogens is 584 g/mol. The van der Waals surface area contributed by atoms with E-state index in [1.807, 2.05) is 47.0 Å². The molecule has 11 atom stereocenters. The Morgan fingerprint density at radius 3 is 2.22 bits per heavy atom. The summed E-state index contributed by atoms with van der Waals surface area (Å²) in [5, 5.41) is 13.6. The second-order valence-corrected chi connectivity index (χ2v) is 19.3. The number of carbonyl (C=O) groups is 2. The molecule has 1 aromatic rings. The molecule has 5 saturated carbocycles. The predicted molar refractivity (Wildman–Crippen MR) is 176 cm³/mol. The van der Waals surface area contributed by atoms with Crippen molar-refractivity contribution < 1.29 is 23.1 Å². The number of hydrogen-bond acceptors (Lipinski definition) is 6. The molecule has 0 radical (unpaired) electrons. The van der Waals surface area contributed by atoms with Gasteiger partial charge in [-0.1, -0.05) is 52.3 Å². The van der Waals surface area contributed by atoms with E-state index in [1.54, 1.807) is 12.1 Å². The van der Waals surface area contributed by atoms with Gasteiger partial charge in [0.2, 0.25) is 5.91 Å². The largest absolute Gasteiger partial charge is 0.396 e. The molecule has 5 fully saturated rings. The van der Waals surface area contributed by atoms with Crippen molar-refractivity contribution in [2.45, 2.75) is 116 Å². The summed E-state index contributed by atoms with van der Waals surface area (Å²) in [6.07, 6.45) is 5.17. The number of aryl methyl sites for hydroxylation is 1. The van der Waals surface area contributed by atoms with Gasteiger partial charge in [0.25, 0.3) is 0 Å². The summed E-state index contributed by atoms with van der Waals surface area (Å²) in [5.41, 5.74) is -0.931. The fourth-order valence-corrected chi connectivity index (χ4v) is 14.5. The average molecular weight is 641 g/mol. The molecule has 0 saturated heterocycles. The van der Waals surface area contributed by atoms with Gasteiger partial charge in [-0.05, 0) is 113 Å². The summed E-state index contributed by atoms with van der Waals surface area (Å²) < 4.78 is 29.2. The number of nitrogens with zero attached hydrogens (tertiary/aromatic N) is 1. The molecule has 7 nitrogen and oxygen atoms in total. The van der Waals surface area contributed by atoms with Crippen LogP contribution in [0.2, 0.25) is 0 Å². The number of ketones is 1. The van der Waals surface area contributed by atoms with Gasteiger partial charge in [0.05, 0.1) is 16.8 Å². The Balaban J connectivity index is 1.42. The van der Waals surface area contributed by atoms with Crippen LogP contribution in [-0.2, 0) is 19.4 Å². The first kappa shape index (κ1) is 33.1. The number of aliphatic hydroxyl groups is 1. The van der Waals surface area contributed by atoms with Gasteiger partial charge in [-0.3, -0.25) is 9.59 Å². The van der Waals surface area contributed by atoms with Crippen LogP contribution in [0.4, 0.5) is 0 Å². The van der Waals surface area contributed by atoms with Crippen LogP contribution in [0.5, 0.6) is 0 Å². The van der Waals surface area contributed by atoms with Gasteiger partial charge in [-0.2, -0.15) is 0 Å². The monoisotopic (exact) mass is 640 g/mol. The van der Waals surface area contributed by atoms with E-state index < -0.39 is 31.3 Å². The number of sulfone groups is 1. The molecule has 2 N–H and O–H groups in total. The maximum Gasteiger partial charge on any atom is 0.222 e. The van der Waals surface area contributed by atoms with Gasteiger partial charge in [0, 0.05) is 35.3 Å². The minimum Gasteiger partial charge on any atom is -0.396 e. The van der Waals surface area contributed by atoms with Crippen molar-refractivity contribution in [2.75, 3.05) is 20.7 Å². The lowest BCUT2D eigenvalue weighted by atomic mass is 9.41. The zero-order valence-corrected chi connectivity index (χ0v) is 29.8. The van der Waals surface area contributed by atoms with E-state index in [0.29, 0.717) is 23.5 Å². The normalized spacial score (nSPS) is 44.5. The summed E-state index contributed by atoms with van der Waals surface area (Å²) in [7, 11) is 0.389. The Bertz CT molecular complexity index is 1490. The summed E-state index contributed by atoms with van der Waals surface area (Å²) in [6, 6.07) is 7.14. The van der Waals surface area contributed by atoms with Gasteiger partial charge in [-0.25, -0.2) is 8.42 Å².